The first-order valence-corrected chi connectivity index (χ1v) is 9.70. The molecule has 3 rings (SSSR count). The molecule has 0 atom stereocenters. The lowest BCUT2D eigenvalue weighted by molar-refractivity contribution is -0.135. The number of carbonyl (C=O) groups is 2. The standard InChI is InChI=1S/C19H22FN3O3S/c20-15-4-1-2-5-16(15)26-14-18(24)23-11-9-22(10-12-23)8-7-21-19(25)17-6-3-13-27-17/h1-6,13H,7-12,14H2,(H,21,25). The summed E-state index contributed by atoms with van der Waals surface area (Å²) in [6, 6.07) is 9.70. The minimum absolute atomic E-state index is 0.0518. The summed E-state index contributed by atoms with van der Waals surface area (Å²) in [7, 11) is 0. The van der Waals surface area contributed by atoms with Gasteiger partial charge < -0.3 is 15.0 Å². The summed E-state index contributed by atoms with van der Waals surface area (Å²) in [6.45, 7) is 3.81. The number of rotatable bonds is 7. The minimum Gasteiger partial charge on any atom is -0.481 e. The summed E-state index contributed by atoms with van der Waals surface area (Å²) in [5.41, 5.74) is 0. The molecule has 1 aliphatic heterocycles. The molecule has 1 N–H and O–H groups in total. The first-order valence-electron chi connectivity index (χ1n) is 8.82. The summed E-state index contributed by atoms with van der Waals surface area (Å²) >= 11 is 1.42. The minimum atomic E-state index is -0.472. The maximum Gasteiger partial charge on any atom is 0.261 e. The first kappa shape index (κ1) is 19.3. The van der Waals surface area contributed by atoms with Gasteiger partial charge >= 0.3 is 0 Å². The van der Waals surface area contributed by atoms with E-state index in [-0.39, 0.29) is 24.2 Å². The van der Waals surface area contributed by atoms with Crippen LogP contribution in [0.25, 0.3) is 0 Å². The van der Waals surface area contributed by atoms with E-state index in [0.29, 0.717) is 24.5 Å². The molecule has 144 valence electrons. The Kier molecular flexibility index (Phi) is 6.78. The Morgan fingerprint density at radius 2 is 1.89 bits per heavy atom. The Morgan fingerprint density at radius 1 is 1.11 bits per heavy atom. The van der Waals surface area contributed by atoms with Gasteiger partial charge in [0.15, 0.2) is 18.2 Å². The molecule has 0 bridgehead atoms. The maximum absolute atomic E-state index is 13.5. The smallest absolute Gasteiger partial charge is 0.261 e. The van der Waals surface area contributed by atoms with Gasteiger partial charge in [-0.05, 0) is 23.6 Å². The number of piperazine rings is 1. The highest BCUT2D eigenvalue weighted by molar-refractivity contribution is 7.12. The molecular weight excluding hydrogens is 369 g/mol. The topological polar surface area (TPSA) is 61.9 Å². The zero-order chi connectivity index (χ0) is 19.1. The van der Waals surface area contributed by atoms with Crippen molar-refractivity contribution in [3.8, 4) is 5.75 Å². The highest BCUT2D eigenvalue weighted by atomic mass is 32.1. The van der Waals surface area contributed by atoms with Crippen LogP contribution in [0, 0.1) is 5.82 Å². The first-order chi connectivity index (χ1) is 13.1. The van der Waals surface area contributed by atoms with Crippen LogP contribution in [0.3, 0.4) is 0 Å². The summed E-state index contributed by atoms with van der Waals surface area (Å²) < 4.78 is 18.8. The Balaban J connectivity index is 1.34. The van der Waals surface area contributed by atoms with Crippen molar-refractivity contribution >= 4 is 23.2 Å². The molecule has 0 spiro atoms. The Labute approximate surface area is 161 Å². The van der Waals surface area contributed by atoms with Crippen LogP contribution in [0.2, 0.25) is 0 Å². The SMILES string of the molecule is O=C(NCCN1CCN(C(=O)COc2ccccc2F)CC1)c1cccs1. The summed E-state index contributed by atoms with van der Waals surface area (Å²) in [6.07, 6.45) is 0. The number of hydrogen-bond donors (Lipinski definition) is 1. The van der Waals surface area contributed by atoms with Crippen molar-refractivity contribution in [3.63, 3.8) is 0 Å². The van der Waals surface area contributed by atoms with E-state index in [9.17, 15) is 14.0 Å². The molecule has 1 aliphatic rings. The van der Waals surface area contributed by atoms with Crippen molar-refractivity contribution in [3.05, 3.63) is 52.5 Å². The number of ether oxygens (including phenoxy) is 1. The summed E-state index contributed by atoms with van der Waals surface area (Å²) in [5, 5.41) is 4.78. The molecule has 1 fully saturated rings. The Hall–Kier alpha value is -2.45. The molecule has 1 aromatic carbocycles. The number of thiophene rings is 1. The number of nitrogens with one attached hydrogen (secondary N) is 1. The van der Waals surface area contributed by atoms with Crippen LogP contribution >= 0.6 is 11.3 Å². The van der Waals surface area contributed by atoms with Crippen LogP contribution in [0.5, 0.6) is 5.75 Å². The second-order valence-corrected chi connectivity index (χ2v) is 7.12. The highest BCUT2D eigenvalue weighted by Gasteiger charge is 2.21. The van der Waals surface area contributed by atoms with Crippen LogP contribution in [0.15, 0.2) is 41.8 Å². The number of amides is 2. The third-order valence-corrected chi connectivity index (χ3v) is 5.24. The number of carbonyl (C=O) groups excluding carboxylic acids is 2. The van der Waals surface area contributed by atoms with Crippen LogP contribution in [-0.2, 0) is 4.79 Å². The van der Waals surface area contributed by atoms with Crippen LogP contribution in [0.1, 0.15) is 9.67 Å². The second-order valence-electron chi connectivity index (χ2n) is 6.17. The van der Waals surface area contributed by atoms with Crippen molar-refractivity contribution in [2.75, 3.05) is 45.9 Å². The molecule has 0 unspecified atom stereocenters. The Bertz CT molecular complexity index is 761. The van der Waals surface area contributed by atoms with E-state index in [2.05, 4.69) is 10.2 Å². The number of halogens is 1. The average Bonchev–Trinajstić information content (AvgIpc) is 3.22. The number of hydrogen-bond acceptors (Lipinski definition) is 5. The van der Waals surface area contributed by atoms with Gasteiger partial charge in [-0.25, -0.2) is 4.39 Å². The summed E-state index contributed by atoms with van der Waals surface area (Å²) in [5.74, 6) is -0.585. The Morgan fingerprint density at radius 3 is 2.59 bits per heavy atom. The molecule has 0 aliphatic carbocycles. The van der Waals surface area contributed by atoms with Gasteiger partial charge in [0.05, 0.1) is 4.88 Å². The zero-order valence-electron chi connectivity index (χ0n) is 14.9. The number of para-hydroxylation sites is 1. The monoisotopic (exact) mass is 391 g/mol. The molecule has 6 nitrogen and oxygen atoms in total. The van der Waals surface area contributed by atoms with E-state index < -0.39 is 5.82 Å². The van der Waals surface area contributed by atoms with E-state index in [1.807, 2.05) is 11.4 Å². The van der Waals surface area contributed by atoms with Crippen molar-refractivity contribution in [1.29, 1.82) is 0 Å². The number of benzene rings is 1. The van der Waals surface area contributed by atoms with Gasteiger partial charge in [-0.2, -0.15) is 0 Å². The summed E-state index contributed by atoms with van der Waals surface area (Å²) in [4.78, 5) is 28.8. The van der Waals surface area contributed by atoms with E-state index in [0.717, 1.165) is 19.6 Å². The van der Waals surface area contributed by atoms with Gasteiger partial charge in [0.25, 0.3) is 11.8 Å². The molecule has 2 aromatic rings. The maximum atomic E-state index is 13.5. The van der Waals surface area contributed by atoms with Crippen LogP contribution in [0.4, 0.5) is 4.39 Å². The molecule has 1 saturated heterocycles. The second kappa shape index (κ2) is 9.48. The van der Waals surface area contributed by atoms with Gasteiger partial charge in [-0.1, -0.05) is 18.2 Å². The third kappa shape index (κ3) is 5.51. The van der Waals surface area contributed by atoms with Crippen LogP contribution in [-0.4, -0.2) is 67.5 Å². The third-order valence-electron chi connectivity index (χ3n) is 4.37. The van der Waals surface area contributed by atoms with E-state index in [4.69, 9.17) is 4.74 Å². The molecular formula is C19H22FN3O3S. The van der Waals surface area contributed by atoms with E-state index in [1.165, 1.54) is 23.5 Å². The quantitative estimate of drug-likeness (QED) is 0.782. The molecule has 27 heavy (non-hydrogen) atoms. The normalized spacial score (nSPS) is 14.8. The fourth-order valence-corrected chi connectivity index (χ4v) is 3.48. The van der Waals surface area contributed by atoms with Gasteiger partial charge in [0.1, 0.15) is 0 Å². The fraction of sp³-hybridized carbons (Fsp3) is 0.368. The number of nitrogens with zero attached hydrogens (tertiary/aromatic N) is 2. The molecule has 8 heteroatoms. The zero-order valence-corrected chi connectivity index (χ0v) is 15.7. The fourth-order valence-electron chi connectivity index (χ4n) is 2.84. The molecule has 2 amide bonds. The molecule has 1 aromatic heterocycles. The van der Waals surface area contributed by atoms with Crippen LogP contribution < -0.4 is 10.1 Å². The van der Waals surface area contributed by atoms with E-state index >= 15 is 0 Å². The average molecular weight is 391 g/mol. The highest BCUT2D eigenvalue weighted by Crippen LogP contribution is 2.15. The van der Waals surface area contributed by atoms with Crippen molar-refractivity contribution in [2.45, 2.75) is 0 Å². The predicted octanol–water partition coefficient (Wildman–Crippen LogP) is 1.84. The van der Waals surface area contributed by atoms with Gasteiger partial charge in [-0.3, -0.25) is 14.5 Å². The molecule has 0 radical (unpaired) electrons. The van der Waals surface area contributed by atoms with E-state index in [1.54, 1.807) is 23.1 Å². The largest absolute Gasteiger partial charge is 0.481 e. The molecule has 2 heterocycles. The van der Waals surface area contributed by atoms with Crippen molar-refractivity contribution in [2.24, 2.45) is 0 Å². The lowest BCUT2D eigenvalue weighted by atomic mass is 10.3. The lowest BCUT2D eigenvalue weighted by Crippen LogP contribution is -2.51. The lowest BCUT2D eigenvalue weighted by Gasteiger charge is -2.34. The van der Waals surface area contributed by atoms with Gasteiger partial charge in [0, 0.05) is 39.3 Å². The van der Waals surface area contributed by atoms with Crippen molar-refractivity contribution < 1.29 is 18.7 Å². The predicted molar refractivity (Wildman–Crippen MR) is 102 cm³/mol. The van der Waals surface area contributed by atoms with Gasteiger partial charge in [-0.15, -0.1) is 11.3 Å². The van der Waals surface area contributed by atoms with Gasteiger partial charge in [0.2, 0.25) is 0 Å². The van der Waals surface area contributed by atoms with Crippen molar-refractivity contribution in [1.82, 2.24) is 15.1 Å². The molecule has 0 saturated carbocycles.